The number of fused-ring (bicyclic) bond motifs is 1. The van der Waals surface area contributed by atoms with Gasteiger partial charge in [0.15, 0.2) is 0 Å². The molecule has 2 nitrogen and oxygen atoms in total. The predicted octanol–water partition coefficient (Wildman–Crippen LogP) is 4.08. The molecule has 96 valence electrons. The molecule has 0 bridgehead atoms. The normalized spacial score (nSPS) is 12.8. The van der Waals surface area contributed by atoms with Gasteiger partial charge in [0.1, 0.15) is 0 Å². The lowest BCUT2D eigenvalue weighted by Gasteiger charge is -2.19. The van der Waals surface area contributed by atoms with Gasteiger partial charge in [-0.3, -0.25) is 4.98 Å². The monoisotopic (exact) mass is 242 g/mol. The average Bonchev–Trinajstić information content (AvgIpc) is 2.43. The van der Waals surface area contributed by atoms with Crippen molar-refractivity contribution < 1.29 is 0 Å². The largest absolute Gasteiger partial charge is 0.310 e. The molecule has 18 heavy (non-hydrogen) atoms. The minimum atomic E-state index is 0.447. The molecule has 0 aliphatic rings. The molecule has 1 aromatic carbocycles. The van der Waals surface area contributed by atoms with Gasteiger partial charge < -0.3 is 5.32 Å². The minimum Gasteiger partial charge on any atom is -0.310 e. The van der Waals surface area contributed by atoms with Crippen molar-refractivity contribution in [2.24, 2.45) is 0 Å². The fraction of sp³-hybridized carbons (Fsp3) is 0.438. The summed E-state index contributed by atoms with van der Waals surface area (Å²) in [5, 5.41) is 4.88. The molecule has 1 N–H and O–H groups in total. The van der Waals surface area contributed by atoms with Gasteiger partial charge >= 0.3 is 0 Å². The highest BCUT2D eigenvalue weighted by Gasteiger charge is 2.12. The molecule has 1 aromatic heterocycles. The number of nitrogens with one attached hydrogen (secondary N) is 1. The summed E-state index contributed by atoms with van der Waals surface area (Å²) in [7, 11) is 0. The molecule has 0 fully saturated rings. The summed E-state index contributed by atoms with van der Waals surface area (Å²) in [4.78, 5) is 4.44. The van der Waals surface area contributed by atoms with Gasteiger partial charge in [0.2, 0.25) is 0 Å². The predicted molar refractivity (Wildman–Crippen MR) is 77.7 cm³/mol. The van der Waals surface area contributed by atoms with Crippen LogP contribution in [-0.4, -0.2) is 11.5 Å². The smallest absolute Gasteiger partial charge is 0.0705 e. The van der Waals surface area contributed by atoms with Gasteiger partial charge in [-0.25, -0.2) is 0 Å². The maximum absolute atomic E-state index is 4.44. The highest BCUT2D eigenvalue weighted by molar-refractivity contribution is 5.82. The number of nitrogens with zero attached hydrogens (tertiary/aromatic N) is 1. The average molecular weight is 242 g/mol. The Labute approximate surface area is 109 Å². The standard InChI is InChI=1S/C16H22N2/c1-3-5-10-15(17-4-2)13-8-6-11-16-14(13)9-7-12-18-16/h6-9,11-12,15,17H,3-5,10H2,1-2H3. The van der Waals surface area contributed by atoms with Crippen LogP contribution in [0.4, 0.5) is 0 Å². The molecule has 1 atom stereocenters. The maximum Gasteiger partial charge on any atom is 0.0705 e. The summed E-state index contributed by atoms with van der Waals surface area (Å²) < 4.78 is 0. The van der Waals surface area contributed by atoms with Gasteiger partial charge in [0.05, 0.1) is 5.52 Å². The third-order valence-electron chi connectivity index (χ3n) is 3.35. The lowest BCUT2D eigenvalue weighted by molar-refractivity contribution is 0.497. The Kier molecular flexibility index (Phi) is 4.71. The van der Waals surface area contributed by atoms with Crippen molar-refractivity contribution in [3.63, 3.8) is 0 Å². The summed E-state index contributed by atoms with van der Waals surface area (Å²) in [6, 6.07) is 11.1. The zero-order valence-corrected chi connectivity index (χ0v) is 11.3. The van der Waals surface area contributed by atoms with E-state index in [-0.39, 0.29) is 0 Å². The van der Waals surface area contributed by atoms with Crippen molar-refractivity contribution in [3.8, 4) is 0 Å². The minimum absolute atomic E-state index is 0.447. The number of benzene rings is 1. The molecule has 0 saturated heterocycles. The molecule has 0 amide bonds. The number of unbranched alkanes of at least 4 members (excludes halogenated alkanes) is 1. The zero-order valence-electron chi connectivity index (χ0n) is 11.3. The molecule has 1 unspecified atom stereocenters. The van der Waals surface area contributed by atoms with E-state index in [1.807, 2.05) is 12.3 Å². The molecule has 0 aliphatic heterocycles. The molecule has 0 aliphatic carbocycles. The first-order valence-electron chi connectivity index (χ1n) is 6.93. The summed E-state index contributed by atoms with van der Waals surface area (Å²) >= 11 is 0. The van der Waals surface area contributed by atoms with E-state index in [1.165, 1.54) is 30.2 Å². The Morgan fingerprint density at radius 3 is 2.83 bits per heavy atom. The topological polar surface area (TPSA) is 24.9 Å². The summed E-state index contributed by atoms with van der Waals surface area (Å²) in [6.45, 7) is 5.42. The van der Waals surface area contributed by atoms with Crippen LogP contribution in [0, 0.1) is 0 Å². The Bertz CT molecular complexity index is 488. The van der Waals surface area contributed by atoms with Crippen molar-refractivity contribution in [2.45, 2.75) is 39.2 Å². The van der Waals surface area contributed by atoms with Crippen LogP contribution in [0.3, 0.4) is 0 Å². The number of rotatable bonds is 6. The second-order valence-corrected chi connectivity index (χ2v) is 4.67. The van der Waals surface area contributed by atoms with Gasteiger partial charge in [-0.2, -0.15) is 0 Å². The summed E-state index contributed by atoms with van der Waals surface area (Å²) in [6.07, 6.45) is 5.55. The van der Waals surface area contributed by atoms with Gasteiger partial charge in [-0.05, 0) is 30.7 Å². The molecule has 0 spiro atoms. The third-order valence-corrected chi connectivity index (χ3v) is 3.35. The van der Waals surface area contributed by atoms with E-state index in [9.17, 15) is 0 Å². The first-order chi connectivity index (χ1) is 8.86. The van der Waals surface area contributed by atoms with Crippen LogP contribution in [0.15, 0.2) is 36.5 Å². The Balaban J connectivity index is 2.36. The van der Waals surface area contributed by atoms with Gasteiger partial charge in [0, 0.05) is 17.6 Å². The van der Waals surface area contributed by atoms with Crippen LogP contribution in [0.2, 0.25) is 0 Å². The Morgan fingerprint density at radius 2 is 2.06 bits per heavy atom. The van der Waals surface area contributed by atoms with Crippen molar-refractivity contribution in [2.75, 3.05) is 6.54 Å². The van der Waals surface area contributed by atoms with Crippen LogP contribution in [-0.2, 0) is 0 Å². The van der Waals surface area contributed by atoms with E-state index in [2.05, 4.69) is 48.4 Å². The van der Waals surface area contributed by atoms with E-state index >= 15 is 0 Å². The number of hydrogen-bond acceptors (Lipinski definition) is 2. The van der Waals surface area contributed by atoms with Gasteiger partial charge in [-0.15, -0.1) is 0 Å². The van der Waals surface area contributed by atoms with Gasteiger partial charge in [0.25, 0.3) is 0 Å². The molecular formula is C16H22N2. The van der Waals surface area contributed by atoms with Crippen LogP contribution in [0.5, 0.6) is 0 Å². The van der Waals surface area contributed by atoms with Gasteiger partial charge in [-0.1, -0.05) is 44.9 Å². The molecule has 2 rings (SSSR count). The quantitative estimate of drug-likeness (QED) is 0.825. The number of hydrogen-bond donors (Lipinski definition) is 1. The number of aromatic nitrogens is 1. The zero-order chi connectivity index (χ0) is 12.8. The van der Waals surface area contributed by atoms with Crippen molar-refractivity contribution in [3.05, 3.63) is 42.1 Å². The molecule has 0 radical (unpaired) electrons. The van der Waals surface area contributed by atoms with Crippen molar-refractivity contribution in [1.29, 1.82) is 0 Å². The fourth-order valence-electron chi connectivity index (χ4n) is 2.45. The highest BCUT2D eigenvalue weighted by Crippen LogP contribution is 2.26. The molecule has 0 saturated carbocycles. The highest BCUT2D eigenvalue weighted by atomic mass is 14.9. The second-order valence-electron chi connectivity index (χ2n) is 4.67. The van der Waals surface area contributed by atoms with E-state index in [0.717, 1.165) is 12.1 Å². The Morgan fingerprint density at radius 1 is 1.17 bits per heavy atom. The first kappa shape index (κ1) is 13.0. The molecule has 2 heteroatoms. The van der Waals surface area contributed by atoms with Crippen LogP contribution < -0.4 is 5.32 Å². The summed E-state index contributed by atoms with van der Waals surface area (Å²) in [5.74, 6) is 0. The summed E-state index contributed by atoms with van der Waals surface area (Å²) in [5.41, 5.74) is 2.48. The third kappa shape index (κ3) is 2.88. The maximum atomic E-state index is 4.44. The molecule has 2 aromatic rings. The van der Waals surface area contributed by atoms with E-state index in [4.69, 9.17) is 0 Å². The van der Waals surface area contributed by atoms with Crippen LogP contribution in [0.25, 0.3) is 10.9 Å². The SMILES string of the molecule is CCCCC(NCC)c1cccc2ncccc12. The lowest BCUT2D eigenvalue weighted by atomic mass is 9.97. The Hall–Kier alpha value is -1.41. The molecular weight excluding hydrogens is 220 g/mol. The van der Waals surface area contributed by atoms with Crippen LogP contribution >= 0.6 is 0 Å². The van der Waals surface area contributed by atoms with E-state index in [1.54, 1.807) is 0 Å². The number of pyridine rings is 1. The van der Waals surface area contributed by atoms with E-state index < -0.39 is 0 Å². The van der Waals surface area contributed by atoms with E-state index in [0.29, 0.717) is 6.04 Å². The first-order valence-corrected chi connectivity index (χ1v) is 6.93. The fourth-order valence-corrected chi connectivity index (χ4v) is 2.45. The lowest BCUT2D eigenvalue weighted by Crippen LogP contribution is -2.21. The van der Waals surface area contributed by atoms with Crippen molar-refractivity contribution in [1.82, 2.24) is 10.3 Å². The van der Waals surface area contributed by atoms with Crippen LogP contribution in [0.1, 0.15) is 44.7 Å². The second kappa shape index (κ2) is 6.50. The van der Waals surface area contributed by atoms with Crippen molar-refractivity contribution >= 4 is 10.9 Å². The molecule has 1 heterocycles.